The predicted molar refractivity (Wildman–Crippen MR) is 168 cm³/mol. The van der Waals surface area contributed by atoms with Gasteiger partial charge >= 0.3 is 0 Å². The van der Waals surface area contributed by atoms with Gasteiger partial charge < -0.3 is 4.42 Å². The zero-order valence-corrected chi connectivity index (χ0v) is 23.4. The number of furan rings is 1. The molecule has 7 aromatic rings. The lowest BCUT2D eigenvalue weighted by Crippen LogP contribution is -2.37. The van der Waals surface area contributed by atoms with Crippen LogP contribution in [0.1, 0.15) is 0 Å². The normalized spacial score (nSPS) is 12.0. The first kappa shape index (κ1) is 23.6. The summed E-state index contributed by atoms with van der Waals surface area (Å²) in [4.78, 5) is 4.85. The summed E-state index contributed by atoms with van der Waals surface area (Å²) in [7, 11) is -1.29. The van der Waals surface area contributed by atoms with Crippen LogP contribution >= 0.6 is 0 Å². The molecule has 0 amide bonds. The van der Waals surface area contributed by atoms with E-state index in [1.807, 2.05) is 24.4 Å². The molecule has 0 atom stereocenters. The van der Waals surface area contributed by atoms with Crippen molar-refractivity contribution in [2.24, 2.45) is 0 Å². The monoisotopic (exact) mass is 519 g/mol. The van der Waals surface area contributed by atoms with Gasteiger partial charge in [0, 0.05) is 28.1 Å². The van der Waals surface area contributed by atoms with Gasteiger partial charge in [-0.1, -0.05) is 110 Å². The summed E-state index contributed by atoms with van der Waals surface area (Å²) in [6, 6.07) is 41.2. The molecule has 0 aliphatic rings. The van der Waals surface area contributed by atoms with E-state index in [4.69, 9.17) is 9.40 Å². The van der Waals surface area contributed by atoms with Crippen LogP contribution in [0.4, 0.5) is 0 Å². The van der Waals surface area contributed by atoms with E-state index in [1.54, 1.807) is 0 Å². The highest BCUT2D eigenvalue weighted by molar-refractivity contribution is 6.88. The fourth-order valence-electron chi connectivity index (χ4n) is 5.44. The van der Waals surface area contributed by atoms with Crippen molar-refractivity contribution in [3.8, 4) is 33.5 Å². The third-order valence-corrected chi connectivity index (χ3v) is 9.77. The maximum Gasteiger partial charge on any atom is 0.144 e. The molecule has 0 aliphatic heterocycles. The summed E-state index contributed by atoms with van der Waals surface area (Å²) >= 11 is 0. The molecule has 2 heterocycles. The van der Waals surface area contributed by atoms with E-state index in [-0.39, 0.29) is 0 Å². The van der Waals surface area contributed by atoms with Crippen molar-refractivity contribution in [2.45, 2.75) is 19.6 Å². The number of hydrogen-bond acceptors (Lipinski definition) is 2. The van der Waals surface area contributed by atoms with Gasteiger partial charge in [0.15, 0.2) is 0 Å². The molecule has 0 fully saturated rings. The molecule has 5 aromatic carbocycles. The quantitative estimate of drug-likeness (QED) is 0.216. The Morgan fingerprint density at radius 1 is 0.564 bits per heavy atom. The fourth-order valence-corrected chi connectivity index (χ4v) is 6.61. The first-order chi connectivity index (χ1) is 18.9. The van der Waals surface area contributed by atoms with E-state index in [2.05, 4.69) is 117 Å². The second kappa shape index (κ2) is 9.07. The number of para-hydroxylation sites is 2. The van der Waals surface area contributed by atoms with Crippen molar-refractivity contribution in [2.75, 3.05) is 0 Å². The van der Waals surface area contributed by atoms with Crippen molar-refractivity contribution in [3.63, 3.8) is 0 Å². The van der Waals surface area contributed by atoms with E-state index in [0.717, 1.165) is 44.3 Å². The van der Waals surface area contributed by atoms with Crippen LogP contribution in [0.5, 0.6) is 0 Å². The Morgan fingerprint density at radius 2 is 1.21 bits per heavy atom. The van der Waals surface area contributed by atoms with Gasteiger partial charge in [-0.2, -0.15) is 0 Å². The van der Waals surface area contributed by atoms with Crippen LogP contribution in [0.25, 0.3) is 66.2 Å². The average Bonchev–Trinajstić information content (AvgIpc) is 3.35. The summed E-state index contributed by atoms with van der Waals surface area (Å²) in [6.45, 7) is 7.17. The zero-order valence-electron chi connectivity index (χ0n) is 22.4. The summed E-state index contributed by atoms with van der Waals surface area (Å²) in [6.07, 6.45) is 1.96. The number of aromatic nitrogens is 1. The summed E-state index contributed by atoms with van der Waals surface area (Å²) in [5.74, 6) is 0. The van der Waals surface area contributed by atoms with Gasteiger partial charge in [-0.25, -0.2) is 0 Å². The molecule has 0 N–H and O–H groups in total. The topological polar surface area (TPSA) is 26.0 Å². The summed E-state index contributed by atoms with van der Waals surface area (Å²) in [5, 5.41) is 6.21. The SMILES string of the molecule is C[Si](C)(C)c1ccc(-c2ccc3cc(-c4ccc(-c5cccc6c5oc5ccccc56)nc4)ccc3c2)cc1. The van der Waals surface area contributed by atoms with E-state index in [9.17, 15) is 0 Å². The number of hydrogen-bond donors (Lipinski definition) is 0. The molecule has 2 aromatic heterocycles. The van der Waals surface area contributed by atoms with Gasteiger partial charge in [0.05, 0.1) is 13.8 Å². The molecule has 39 heavy (non-hydrogen) atoms. The van der Waals surface area contributed by atoms with Crippen molar-refractivity contribution < 1.29 is 4.42 Å². The number of pyridine rings is 1. The molecule has 0 bridgehead atoms. The second-order valence-electron chi connectivity index (χ2n) is 11.3. The molecular formula is C36H29NOSi. The number of nitrogens with zero attached hydrogens (tertiary/aromatic N) is 1. The third-order valence-electron chi connectivity index (χ3n) is 7.70. The van der Waals surface area contributed by atoms with Crippen molar-refractivity contribution in [1.82, 2.24) is 4.98 Å². The third kappa shape index (κ3) is 4.25. The Balaban J connectivity index is 1.19. The molecule has 7 rings (SSSR count). The Morgan fingerprint density at radius 3 is 1.90 bits per heavy atom. The zero-order chi connectivity index (χ0) is 26.6. The highest BCUT2D eigenvalue weighted by atomic mass is 28.3. The minimum absolute atomic E-state index is 0.885. The molecule has 2 nitrogen and oxygen atoms in total. The molecule has 188 valence electrons. The maximum absolute atomic E-state index is 6.22. The largest absolute Gasteiger partial charge is 0.455 e. The van der Waals surface area contributed by atoms with E-state index >= 15 is 0 Å². The molecule has 0 radical (unpaired) electrons. The number of fused-ring (bicyclic) bond motifs is 4. The van der Waals surface area contributed by atoms with Gasteiger partial charge in [0.2, 0.25) is 0 Å². The van der Waals surface area contributed by atoms with Crippen LogP contribution in [-0.2, 0) is 0 Å². The van der Waals surface area contributed by atoms with Crippen molar-refractivity contribution in [1.29, 1.82) is 0 Å². The molecular weight excluding hydrogens is 490 g/mol. The van der Waals surface area contributed by atoms with Gasteiger partial charge in [-0.3, -0.25) is 4.98 Å². The fraction of sp³-hybridized carbons (Fsp3) is 0.0833. The van der Waals surface area contributed by atoms with Crippen LogP contribution in [0.15, 0.2) is 126 Å². The maximum atomic E-state index is 6.22. The van der Waals surface area contributed by atoms with Gasteiger partial charge in [-0.05, 0) is 57.8 Å². The highest BCUT2D eigenvalue weighted by Gasteiger charge is 2.16. The van der Waals surface area contributed by atoms with Crippen LogP contribution in [0.3, 0.4) is 0 Å². The van der Waals surface area contributed by atoms with E-state index in [1.165, 1.54) is 27.1 Å². The van der Waals surface area contributed by atoms with Crippen molar-refractivity contribution in [3.05, 3.63) is 121 Å². The molecule has 0 spiro atoms. The Hall–Kier alpha value is -4.47. The lowest BCUT2D eigenvalue weighted by Gasteiger charge is -2.17. The molecule has 0 saturated carbocycles. The Bertz CT molecular complexity index is 1980. The standard InChI is InChI=1S/C36H29NOSi/c1-39(2,3)30-18-15-24(16-19-30)25-11-12-27-22-28(14-13-26(27)21-25)29-17-20-34(37-23-29)33-9-6-8-32-31-7-4-5-10-35(31)38-36(32)33/h4-23H,1-3H3. The van der Waals surface area contributed by atoms with Crippen LogP contribution in [0, 0.1) is 0 Å². The lowest BCUT2D eigenvalue weighted by molar-refractivity contribution is 0.670. The van der Waals surface area contributed by atoms with Gasteiger partial charge in [0.25, 0.3) is 0 Å². The summed E-state index contributed by atoms with van der Waals surface area (Å²) < 4.78 is 6.22. The Labute approximate surface area is 229 Å². The molecule has 3 heteroatoms. The van der Waals surface area contributed by atoms with Gasteiger partial charge in [-0.15, -0.1) is 0 Å². The van der Waals surface area contributed by atoms with E-state index < -0.39 is 8.07 Å². The molecule has 0 aliphatic carbocycles. The van der Waals surface area contributed by atoms with Crippen LogP contribution < -0.4 is 5.19 Å². The van der Waals surface area contributed by atoms with E-state index in [0.29, 0.717) is 0 Å². The molecule has 0 saturated heterocycles. The number of rotatable bonds is 4. The number of benzene rings is 5. The molecule has 0 unspecified atom stereocenters. The average molecular weight is 520 g/mol. The second-order valence-corrected chi connectivity index (χ2v) is 16.4. The predicted octanol–water partition coefficient (Wildman–Crippen LogP) is 9.68. The van der Waals surface area contributed by atoms with Crippen LogP contribution in [0.2, 0.25) is 19.6 Å². The van der Waals surface area contributed by atoms with Crippen LogP contribution in [-0.4, -0.2) is 13.1 Å². The van der Waals surface area contributed by atoms with Crippen molar-refractivity contribution >= 4 is 46.0 Å². The van der Waals surface area contributed by atoms with Gasteiger partial charge in [0.1, 0.15) is 11.2 Å². The lowest BCUT2D eigenvalue weighted by atomic mass is 9.98. The Kier molecular flexibility index (Phi) is 5.50. The minimum atomic E-state index is -1.29. The highest BCUT2D eigenvalue weighted by Crippen LogP contribution is 2.35. The summed E-state index contributed by atoms with van der Waals surface area (Å²) in [5.41, 5.74) is 8.49. The first-order valence-electron chi connectivity index (χ1n) is 13.5. The first-order valence-corrected chi connectivity index (χ1v) is 17.0. The smallest absolute Gasteiger partial charge is 0.144 e. The minimum Gasteiger partial charge on any atom is -0.455 e.